The lowest BCUT2D eigenvalue weighted by molar-refractivity contribution is -0.129. The van der Waals surface area contributed by atoms with Crippen LogP contribution in [0.15, 0.2) is 90.1 Å². The molecule has 1 aliphatic rings. The van der Waals surface area contributed by atoms with Gasteiger partial charge in [-0.3, -0.25) is 9.36 Å². The Labute approximate surface area is 203 Å². The first kappa shape index (κ1) is 22.2. The summed E-state index contributed by atoms with van der Waals surface area (Å²) in [4.78, 5) is 15.3. The number of rotatable bonds is 7. The van der Waals surface area contributed by atoms with Gasteiger partial charge in [-0.25, -0.2) is 0 Å². The minimum atomic E-state index is 0.103. The van der Waals surface area contributed by atoms with Gasteiger partial charge in [0, 0.05) is 17.8 Å². The molecule has 6 nitrogen and oxygen atoms in total. The van der Waals surface area contributed by atoms with E-state index in [2.05, 4.69) is 22.3 Å². The predicted octanol–water partition coefficient (Wildman–Crippen LogP) is 5.40. The molecule has 1 aromatic heterocycles. The maximum Gasteiger partial charge on any atom is 0.233 e. The van der Waals surface area contributed by atoms with Gasteiger partial charge in [0.2, 0.25) is 5.91 Å². The molecule has 3 aromatic carbocycles. The summed E-state index contributed by atoms with van der Waals surface area (Å²) >= 11 is 1.43. The SMILES string of the molecule is COc1ccc(C2CCCN2C(=O)CSc2nnc(-c3ccccc3)n2-c2ccccc2)cc1. The van der Waals surface area contributed by atoms with Crippen molar-refractivity contribution in [3.05, 3.63) is 90.5 Å². The van der Waals surface area contributed by atoms with Crippen LogP contribution < -0.4 is 4.74 Å². The first-order valence-corrected chi connectivity index (χ1v) is 12.4. The summed E-state index contributed by atoms with van der Waals surface area (Å²) < 4.78 is 7.30. The number of para-hydroxylation sites is 1. The molecule has 1 aliphatic heterocycles. The molecule has 1 saturated heterocycles. The molecule has 0 aliphatic carbocycles. The van der Waals surface area contributed by atoms with E-state index in [9.17, 15) is 4.79 Å². The van der Waals surface area contributed by atoms with Crippen LogP contribution in [0.2, 0.25) is 0 Å². The Hall–Kier alpha value is -3.58. The molecule has 4 aromatic rings. The van der Waals surface area contributed by atoms with Crippen LogP contribution in [0.1, 0.15) is 24.4 Å². The number of methoxy groups -OCH3 is 1. The number of carbonyl (C=O) groups is 1. The molecule has 5 rings (SSSR count). The predicted molar refractivity (Wildman–Crippen MR) is 134 cm³/mol. The molecule has 0 saturated carbocycles. The van der Waals surface area contributed by atoms with Crippen molar-refractivity contribution in [3.63, 3.8) is 0 Å². The number of hydrogen-bond acceptors (Lipinski definition) is 5. The van der Waals surface area contributed by atoms with Crippen LogP contribution in [-0.2, 0) is 4.79 Å². The van der Waals surface area contributed by atoms with Crippen LogP contribution in [0.25, 0.3) is 17.1 Å². The van der Waals surface area contributed by atoms with E-state index in [-0.39, 0.29) is 11.9 Å². The van der Waals surface area contributed by atoms with E-state index in [1.54, 1.807) is 7.11 Å². The number of aromatic nitrogens is 3. The van der Waals surface area contributed by atoms with Crippen LogP contribution in [0.4, 0.5) is 0 Å². The summed E-state index contributed by atoms with van der Waals surface area (Å²) in [5.74, 6) is 2.02. The summed E-state index contributed by atoms with van der Waals surface area (Å²) in [7, 11) is 1.66. The standard InChI is InChI=1S/C27H26N4O2S/c1-33-23-16-14-20(15-17-23)24-13-8-18-30(24)25(32)19-34-27-29-28-26(21-9-4-2-5-10-21)31(27)22-11-6-3-7-12-22/h2-7,9-12,14-17,24H,8,13,18-19H2,1H3. The molecule has 34 heavy (non-hydrogen) atoms. The highest BCUT2D eigenvalue weighted by molar-refractivity contribution is 7.99. The Kier molecular flexibility index (Phi) is 6.62. The Morgan fingerprint density at radius 2 is 1.68 bits per heavy atom. The van der Waals surface area contributed by atoms with Crippen molar-refractivity contribution in [1.29, 1.82) is 0 Å². The summed E-state index contributed by atoms with van der Waals surface area (Å²) in [6, 6.07) is 28.2. The van der Waals surface area contributed by atoms with Crippen molar-refractivity contribution in [1.82, 2.24) is 19.7 Å². The molecule has 1 unspecified atom stereocenters. The van der Waals surface area contributed by atoms with Crippen molar-refractivity contribution >= 4 is 17.7 Å². The number of amides is 1. The molecule has 0 N–H and O–H groups in total. The van der Waals surface area contributed by atoms with E-state index in [0.717, 1.165) is 47.8 Å². The number of nitrogens with zero attached hydrogens (tertiary/aromatic N) is 4. The van der Waals surface area contributed by atoms with E-state index in [1.165, 1.54) is 11.8 Å². The van der Waals surface area contributed by atoms with Crippen molar-refractivity contribution < 1.29 is 9.53 Å². The van der Waals surface area contributed by atoms with Crippen LogP contribution in [0.3, 0.4) is 0 Å². The lowest BCUT2D eigenvalue weighted by Crippen LogP contribution is -2.32. The van der Waals surface area contributed by atoms with E-state index in [0.29, 0.717) is 10.9 Å². The van der Waals surface area contributed by atoms with Gasteiger partial charge in [-0.15, -0.1) is 10.2 Å². The molecule has 7 heteroatoms. The van der Waals surface area contributed by atoms with Gasteiger partial charge in [0.25, 0.3) is 0 Å². The summed E-state index contributed by atoms with van der Waals surface area (Å²) in [5, 5.41) is 9.63. The van der Waals surface area contributed by atoms with E-state index < -0.39 is 0 Å². The van der Waals surface area contributed by atoms with Gasteiger partial charge < -0.3 is 9.64 Å². The average molecular weight is 471 g/mol. The third-order valence-electron chi connectivity index (χ3n) is 6.08. The molecule has 0 bridgehead atoms. The number of hydrogen-bond donors (Lipinski definition) is 0. The van der Waals surface area contributed by atoms with Gasteiger partial charge in [-0.2, -0.15) is 0 Å². The monoisotopic (exact) mass is 470 g/mol. The number of likely N-dealkylation sites (tertiary alicyclic amines) is 1. The first-order chi connectivity index (χ1) is 16.7. The highest BCUT2D eigenvalue weighted by atomic mass is 32.2. The highest BCUT2D eigenvalue weighted by Crippen LogP contribution is 2.34. The Morgan fingerprint density at radius 3 is 2.38 bits per heavy atom. The largest absolute Gasteiger partial charge is 0.497 e. The zero-order chi connectivity index (χ0) is 23.3. The first-order valence-electron chi connectivity index (χ1n) is 11.4. The number of carbonyl (C=O) groups excluding carboxylic acids is 1. The molecule has 172 valence electrons. The second kappa shape index (κ2) is 10.1. The van der Waals surface area contributed by atoms with Gasteiger partial charge in [-0.05, 0) is 42.7 Å². The Morgan fingerprint density at radius 1 is 0.971 bits per heavy atom. The fourth-order valence-electron chi connectivity index (χ4n) is 4.39. The summed E-state index contributed by atoms with van der Waals surface area (Å²) in [6.07, 6.45) is 1.98. The van der Waals surface area contributed by atoms with Crippen LogP contribution in [-0.4, -0.2) is 45.0 Å². The Bertz CT molecular complexity index is 1240. The molecule has 2 heterocycles. The zero-order valence-corrected chi connectivity index (χ0v) is 19.8. The molecule has 1 atom stereocenters. The lowest BCUT2D eigenvalue weighted by Gasteiger charge is -2.25. The normalized spacial score (nSPS) is 15.4. The highest BCUT2D eigenvalue weighted by Gasteiger charge is 2.30. The summed E-state index contributed by atoms with van der Waals surface area (Å²) in [6.45, 7) is 0.775. The maximum absolute atomic E-state index is 13.3. The van der Waals surface area contributed by atoms with Crippen LogP contribution in [0, 0.1) is 0 Å². The van der Waals surface area contributed by atoms with Crippen molar-refractivity contribution in [3.8, 4) is 22.8 Å². The van der Waals surface area contributed by atoms with Crippen molar-refractivity contribution in [2.24, 2.45) is 0 Å². The number of thioether (sulfide) groups is 1. The lowest BCUT2D eigenvalue weighted by atomic mass is 10.0. The average Bonchev–Trinajstić information content (AvgIpc) is 3.56. The van der Waals surface area contributed by atoms with Crippen LogP contribution in [0.5, 0.6) is 5.75 Å². The fraction of sp³-hybridized carbons (Fsp3) is 0.222. The maximum atomic E-state index is 13.3. The van der Waals surface area contributed by atoms with Crippen molar-refractivity contribution in [2.45, 2.75) is 24.0 Å². The number of ether oxygens (including phenoxy) is 1. The Balaban J connectivity index is 1.36. The third kappa shape index (κ3) is 4.56. The van der Waals surface area contributed by atoms with E-state index in [1.807, 2.05) is 82.3 Å². The third-order valence-corrected chi connectivity index (χ3v) is 6.99. The minimum Gasteiger partial charge on any atom is -0.497 e. The van der Waals surface area contributed by atoms with Gasteiger partial charge in [0.1, 0.15) is 5.75 Å². The quantitative estimate of drug-likeness (QED) is 0.339. The van der Waals surface area contributed by atoms with Gasteiger partial charge in [0.05, 0.1) is 18.9 Å². The molecule has 0 spiro atoms. The van der Waals surface area contributed by atoms with Gasteiger partial charge >= 0.3 is 0 Å². The molecular formula is C27H26N4O2S. The summed E-state index contributed by atoms with van der Waals surface area (Å²) in [5.41, 5.74) is 3.10. The van der Waals surface area contributed by atoms with E-state index >= 15 is 0 Å². The molecule has 1 fully saturated rings. The van der Waals surface area contributed by atoms with E-state index in [4.69, 9.17) is 4.74 Å². The fourth-order valence-corrected chi connectivity index (χ4v) is 5.23. The topological polar surface area (TPSA) is 60.2 Å². The van der Waals surface area contributed by atoms with Gasteiger partial charge in [-0.1, -0.05) is 72.4 Å². The minimum absolute atomic E-state index is 0.103. The zero-order valence-electron chi connectivity index (χ0n) is 19.0. The molecule has 0 radical (unpaired) electrons. The van der Waals surface area contributed by atoms with Crippen LogP contribution >= 0.6 is 11.8 Å². The van der Waals surface area contributed by atoms with Gasteiger partial charge in [0.15, 0.2) is 11.0 Å². The molecule has 1 amide bonds. The molecular weight excluding hydrogens is 444 g/mol. The number of benzene rings is 3. The smallest absolute Gasteiger partial charge is 0.233 e. The van der Waals surface area contributed by atoms with Crippen molar-refractivity contribution in [2.75, 3.05) is 19.4 Å². The second-order valence-corrected chi connectivity index (χ2v) is 9.09. The second-order valence-electron chi connectivity index (χ2n) is 8.15.